The second-order valence-electron chi connectivity index (χ2n) is 10.1. The van der Waals surface area contributed by atoms with Gasteiger partial charge in [-0.25, -0.2) is 19.3 Å². The predicted molar refractivity (Wildman–Crippen MR) is 131 cm³/mol. The summed E-state index contributed by atoms with van der Waals surface area (Å²) in [5.41, 5.74) is 2.30. The molecule has 0 radical (unpaired) electrons. The first-order valence-electron chi connectivity index (χ1n) is 13.2. The summed E-state index contributed by atoms with van der Waals surface area (Å²) in [7, 11) is 0. The summed E-state index contributed by atoms with van der Waals surface area (Å²) in [6.45, 7) is 3.92. The number of carbonyl (C=O) groups is 1. The van der Waals surface area contributed by atoms with E-state index in [-0.39, 0.29) is 18.4 Å². The molecule has 3 aliphatic rings. The highest BCUT2D eigenvalue weighted by molar-refractivity contribution is 5.84. The smallest absolute Gasteiger partial charge is 0.378 e. The number of ether oxygens (including phenoxy) is 1. The number of pyridine rings is 1. The van der Waals surface area contributed by atoms with Gasteiger partial charge >= 0.3 is 6.18 Å². The quantitative estimate of drug-likeness (QED) is 0.567. The summed E-state index contributed by atoms with van der Waals surface area (Å²) < 4.78 is 58.2. The molecule has 0 saturated carbocycles. The van der Waals surface area contributed by atoms with E-state index in [2.05, 4.69) is 20.2 Å². The van der Waals surface area contributed by atoms with Gasteiger partial charge in [-0.2, -0.15) is 13.2 Å². The van der Waals surface area contributed by atoms with Gasteiger partial charge in [-0.3, -0.25) is 9.69 Å². The molecule has 12 heteroatoms. The minimum Gasteiger partial charge on any atom is -0.378 e. The van der Waals surface area contributed by atoms with Gasteiger partial charge in [0.1, 0.15) is 12.0 Å². The molecule has 38 heavy (non-hydrogen) atoms. The minimum absolute atomic E-state index is 0.148. The molecule has 1 N–H and O–H groups in total. The summed E-state index contributed by atoms with van der Waals surface area (Å²) in [6, 6.07) is 3.49. The molecular weight excluding hydrogens is 504 g/mol. The summed E-state index contributed by atoms with van der Waals surface area (Å²) in [6.07, 6.45) is -0.233. The lowest BCUT2D eigenvalue weighted by molar-refractivity contribution is -0.145. The normalized spacial score (nSPS) is 22.1. The molecule has 2 atom stereocenters. The Morgan fingerprint density at radius 2 is 1.79 bits per heavy atom. The number of rotatable bonds is 6. The second-order valence-corrected chi connectivity index (χ2v) is 10.1. The number of morpholine rings is 1. The monoisotopic (exact) mass is 536 g/mol. The lowest BCUT2D eigenvalue weighted by atomic mass is 9.85. The summed E-state index contributed by atoms with van der Waals surface area (Å²) in [5, 5.41) is 3.02. The summed E-state index contributed by atoms with van der Waals surface area (Å²) >= 11 is 0. The van der Waals surface area contributed by atoms with Gasteiger partial charge in [0, 0.05) is 56.4 Å². The average Bonchev–Trinajstić information content (AvgIpc) is 2.93. The first-order chi connectivity index (χ1) is 18.3. The van der Waals surface area contributed by atoms with Crippen LogP contribution in [0.4, 0.5) is 23.4 Å². The highest BCUT2D eigenvalue weighted by Crippen LogP contribution is 2.33. The number of aryl methyl sites for hydroxylation is 1. The summed E-state index contributed by atoms with van der Waals surface area (Å²) in [5.74, 6) is -0.822. The van der Waals surface area contributed by atoms with Crippen molar-refractivity contribution in [2.45, 2.75) is 56.4 Å². The van der Waals surface area contributed by atoms with E-state index in [0.29, 0.717) is 51.1 Å². The van der Waals surface area contributed by atoms with Crippen LogP contribution in [0, 0.1) is 0 Å². The van der Waals surface area contributed by atoms with Crippen LogP contribution in [0.3, 0.4) is 0 Å². The third kappa shape index (κ3) is 6.06. The molecule has 2 saturated heterocycles. The van der Waals surface area contributed by atoms with Crippen molar-refractivity contribution in [3.05, 3.63) is 47.2 Å². The van der Waals surface area contributed by atoms with Crippen LogP contribution in [-0.2, 0) is 22.1 Å². The van der Waals surface area contributed by atoms with Crippen LogP contribution in [-0.4, -0.2) is 77.9 Å². The fraction of sp³-hybridized carbons (Fsp3) is 0.615. The Bertz CT molecular complexity index is 1100. The van der Waals surface area contributed by atoms with Crippen LogP contribution in [0.25, 0.3) is 0 Å². The molecule has 2 fully saturated rings. The van der Waals surface area contributed by atoms with Crippen molar-refractivity contribution in [3.63, 3.8) is 0 Å². The lowest BCUT2D eigenvalue weighted by Gasteiger charge is -2.36. The van der Waals surface area contributed by atoms with E-state index < -0.39 is 24.2 Å². The van der Waals surface area contributed by atoms with Crippen LogP contribution in [0.15, 0.2) is 24.5 Å². The van der Waals surface area contributed by atoms with Gasteiger partial charge in [0.05, 0.1) is 25.2 Å². The van der Waals surface area contributed by atoms with Crippen molar-refractivity contribution in [3.8, 4) is 0 Å². The molecule has 1 amide bonds. The number of hydrogen-bond acceptors (Lipinski definition) is 7. The number of hydrogen-bond donors (Lipinski definition) is 1. The van der Waals surface area contributed by atoms with Gasteiger partial charge in [0.15, 0.2) is 0 Å². The van der Waals surface area contributed by atoms with E-state index in [1.807, 2.05) is 17.0 Å². The van der Waals surface area contributed by atoms with Gasteiger partial charge in [0.25, 0.3) is 0 Å². The number of fused-ring (bicyclic) bond motifs is 1. The Kier molecular flexibility index (Phi) is 8.08. The van der Waals surface area contributed by atoms with Gasteiger partial charge in [0.2, 0.25) is 11.7 Å². The minimum atomic E-state index is -4.64. The number of amides is 1. The van der Waals surface area contributed by atoms with Crippen LogP contribution in [0.1, 0.15) is 60.3 Å². The maximum absolute atomic E-state index is 13.8. The molecule has 2 unspecified atom stereocenters. The number of alkyl halides is 4. The van der Waals surface area contributed by atoms with Crippen LogP contribution < -0.4 is 10.2 Å². The Hall–Kier alpha value is -2.86. The van der Waals surface area contributed by atoms with E-state index in [1.54, 1.807) is 0 Å². The Labute approximate surface area is 218 Å². The third-order valence-corrected chi connectivity index (χ3v) is 7.61. The predicted octanol–water partition coefficient (Wildman–Crippen LogP) is 3.44. The molecule has 2 aliphatic heterocycles. The molecule has 1 aliphatic carbocycles. The SMILES string of the molecule is O=C(NCC(c1cnc(C(F)(F)F)nc1)N1CCC(F)CC1)C1CCCc2nc(N3CCOCC3)ccc21. The van der Waals surface area contributed by atoms with E-state index in [0.717, 1.165) is 55.4 Å². The van der Waals surface area contributed by atoms with Crippen molar-refractivity contribution in [2.24, 2.45) is 0 Å². The van der Waals surface area contributed by atoms with E-state index in [4.69, 9.17) is 9.72 Å². The highest BCUT2D eigenvalue weighted by Gasteiger charge is 2.35. The second kappa shape index (κ2) is 11.5. The Balaban J connectivity index is 1.30. The lowest BCUT2D eigenvalue weighted by Crippen LogP contribution is -2.44. The molecule has 5 rings (SSSR count). The molecule has 8 nitrogen and oxygen atoms in total. The topological polar surface area (TPSA) is 83.5 Å². The molecule has 0 bridgehead atoms. The third-order valence-electron chi connectivity index (χ3n) is 7.61. The molecule has 2 aromatic rings. The molecule has 206 valence electrons. The Morgan fingerprint density at radius 3 is 2.47 bits per heavy atom. The van der Waals surface area contributed by atoms with Crippen LogP contribution in [0.2, 0.25) is 0 Å². The number of halogens is 4. The standard InChI is InChI=1S/C26H32F4N6O2/c27-18-6-8-35(9-7-18)22(17-14-32-25(33-15-17)26(28,29)30)16-31-24(37)20-2-1-3-21-19(20)4-5-23(34-21)36-10-12-38-13-11-36/h4-5,14-15,18,20,22H,1-3,6-13,16H2,(H,31,37). The maximum atomic E-state index is 13.8. The number of likely N-dealkylation sites (tertiary alicyclic amines) is 1. The number of nitrogens with one attached hydrogen (secondary N) is 1. The molecule has 0 aromatic carbocycles. The largest absolute Gasteiger partial charge is 0.451 e. The number of anilines is 1. The average molecular weight is 537 g/mol. The fourth-order valence-electron chi connectivity index (χ4n) is 5.50. The molecule has 4 heterocycles. The van der Waals surface area contributed by atoms with E-state index >= 15 is 0 Å². The maximum Gasteiger partial charge on any atom is 0.451 e. The van der Waals surface area contributed by atoms with Crippen molar-refractivity contribution in [1.82, 2.24) is 25.2 Å². The first kappa shape index (κ1) is 26.7. The number of nitrogens with zero attached hydrogens (tertiary/aromatic N) is 5. The Morgan fingerprint density at radius 1 is 1.08 bits per heavy atom. The zero-order chi connectivity index (χ0) is 26.7. The first-order valence-corrected chi connectivity index (χ1v) is 13.2. The highest BCUT2D eigenvalue weighted by atomic mass is 19.4. The zero-order valence-corrected chi connectivity index (χ0v) is 21.1. The van der Waals surface area contributed by atoms with Gasteiger partial charge in [-0.15, -0.1) is 0 Å². The number of carbonyl (C=O) groups excluding carboxylic acids is 1. The number of aromatic nitrogens is 3. The molecule has 0 spiro atoms. The van der Waals surface area contributed by atoms with E-state index in [1.165, 1.54) is 0 Å². The van der Waals surface area contributed by atoms with Gasteiger partial charge in [-0.1, -0.05) is 6.07 Å². The van der Waals surface area contributed by atoms with Gasteiger partial charge < -0.3 is 15.0 Å². The molecular formula is C26H32F4N6O2. The van der Waals surface area contributed by atoms with Crippen molar-refractivity contribution in [1.29, 1.82) is 0 Å². The van der Waals surface area contributed by atoms with E-state index in [9.17, 15) is 22.4 Å². The van der Waals surface area contributed by atoms with Crippen LogP contribution >= 0.6 is 0 Å². The number of piperidine rings is 1. The zero-order valence-electron chi connectivity index (χ0n) is 21.1. The van der Waals surface area contributed by atoms with Crippen molar-refractivity contribution >= 4 is 11.7 Å². The molecule has 2 aromatic heterocycles. The van der Waals surface area contributed by atoms with Gasteiger partial charge in [-0.05, 0) is 43.7 Å². The van der Waals surface area contributed by atoms with Crippen molar-refractivity contribution in [2.75, 3.05) is 50.8 Å². The van der Waals surface area contributed by atoms with Crippen LogP contribution in [0.5, 0.6) is 0 Å². The summed E-state index contributed by atoms with van der Waals surface area (Å²) in [4.78, 5) is 29.4. The van der Waals surface area contributed by atoms with Crippen molar-refractivity contribution < 1.29 is 27.1 Å². The fourth-order valence-corrected chi connectivity index (χ4v) is 5.50.